The number of aliphatic imine (C=N–C) groups is 1. The molecule has 2 saturated heterocycles. The van der Waals surface area contributed by atoms with Crippen LogP contribution in [0.3, 0.4) is 0 Å². The van der Waals surface area contributed by atoms with Gasteiger partial charge in [-0.05, 0) is 51.2 Å². The molecular formula is C37H44N4O9S2. The first-order valence-electron chi connectivity index (χ1n) is 17.2. The summed E-state index contributed by atoms with van der Waals surface area (Å²) in [6.45, 7) is 11.4. The van der Waals surface area contributed by atoms with Crippen LogP contribution in [0.2, 0.25) is 0 Å². The lowest BCUT2D eigenvalue weighted by molar-refractivity contribution is 0.0491. The third kappa shape index (κ3) is 7.57. The van der Waals surface area contributed by atoms with Gasteiger partial charge in [-0.1, -0.05) is 35.1 Å². The molecule has 0 bridgehead atoms. The maximum atomic E-state index is 13.8. The lowest BCUT2D eigenvalue weighted by Crippen LogP contribution is -2.51. The van der Waals surface area contributed by atoms with Crippen molar-refractivity contribution in [3.8, 4) is 23.0 Å². The molecule has 3 amide bonds. The Labute approximate surface area is 312 Å². The molecule has 0 spiro atoms. The zero-order chi connectivity index (χ0) is 37.1. The third-order valence-corrected chi connectivity index (χ3v) is 11.1. The van der Waals surface area contributed by atoms with Gasteiger partial charge in [0.2, 0.25) is 0 Å². The Bertz CT molecular complexity index is 1790. The van der Waals surface area contributed by atoms with E-state index in [9.17, 15) is 19.5 Å². The number of aliphatic hydroxyl groups is 1. The van der Waals surface area contributed by atoms with Gasteiger partial charge in [-0.2, -0.15) is 0 Å². The summed E-state index contributed by atoms with van der Waals surface area (Å²) in [6.07, 6.45) is 2.81. The number of carbonyl (C=O) groups excluding carboxylic acids is 3. The predicted molar refractivity (Wildman–Crippen MR) is 202 cm³/mol. The Morgan fingerprint density at radius 3 is 2.21 bits per heavy atom. The number of amides is 3. The number of thiol groups is 1. The Morgan fingerprint density at radius 1 is 0.923 bits per heavy atom. The molecule has 4 aliphatic heterocycles. The first kappa shape index (κ1) is 37.4. The molecular weight excluding hydrogens is 709 g/mol. The molecule has 3 unspecified atom stereocenters. The van der Waals surface area contributed by atoms with Gasteiger partial charge in [-0.3, -0.25) is 14.6 Å². The maximum absolute atomic E-state index is 13.8. The zero-order valence-corrected chi connectivity index (χ0v) is 31.2. The van der Waals surface area contributed by atoms with Gasteiger partial charge in [0.05, 0.1) is 62.0 Å². The number of hydrogen-bond acceptors (Lipinski definition) is 12. The number of hydrogen-bond donors (Lipinski definition) is 2. The van der Waals surface area contributed by atoms with E-state index in [1.54, 1.807) is 29.3 Å². The average Bonchev–Trinajstić information content (AvgIpc) is 3.68. The highest BCUT2D eigenvalue weighted by molar-refractivity contribution is 8.68. The van der Waals surface area contributed by atoms with Crippen molar-refractivity contribution in [1.82, 2.24) is 9.80 Å². The fourth-order valence-electron chi connectivity index (χ4n) is 6.82. The van der Waals surface area contributed by atoms with E-state index < -0.39 is 18.4 Å². The van der Waals surface area contributed by atoms with Crippen molar-refractivity contribution >= 4 is 58.0 Å². The second-order valence-corrected chi connectivity index (χ2v) is 14.9. The van der Waals surface area contributed by atoms with Gasteiger partial charge < -0.3 is 38.6 Å². The minimum atomic E-state index is -1.37. The third-order valence-electron chi connectivity index (χ3n) is 9.51. The van der Waals surface area contributed by atoms with E-state index in [1.165, 1.54) is 36.0 Å². The number of carbonyl (C=O) groups is 3. The molecule has 0 aliphatic carbocycles. The number of rotatable bonds is 13. The number of methoxy groups -OCH3 is 2. The molecule has 13 nitrogen and oxygen atoms in total. The molecule has 0 saturated carbocycles. The van der Waals surface area contributed by atoms with Crippen LogP contribution in [0.15, 0.2) is 53.6 Å². The van der Waals surface area contributed by atoms with Gasteiger partial charge in [-0.15, -0.1) is 11.7 Å². The summed E-state index contributed by atoms with van der Waals surface area (Å²) in [4.78, 5) is 49.5. The zero-order valence-electron chi connectivity index (χ0n) is 29.5. The minimum absolute atomic E-state index is 0.0621. The van der Waals surface area contributed by atoms with Gasteiger partial charge >= 0.3 is 6.09 Å². The first-order chi connectivity index (χ1) is 25.0. The van der Waals surface area contributed by atoms with Crippen LogP contribution in [0.5, 0.6) is 23.0 Å². The fourth-order valence-corrected chi connectivity index (χ4v) is 7.14. The average molecular weight is 753 g/mol. The second-order valence-electron chi connectivity index (χ2n) is 13.3. The molecule has 4 aliphatic rings. The predicted octanol–water partition coefficient (Wildman–Crippen LogP) is 5.83. The monoisotopic (exact) mass is 752 g/mol. The Balaban J connectivity index is 1.09. The number of nitrogens with zero attached hydrogens (tertiary/aromatic N) is 4. The molecule has 4 heterocycles. The van der Waals surface area contributed by atoms with Crippen LogP contribution in [-0.4, -0.2) is 110 Å². The van der Waals surface area contributed by atoms with Crippen molar-refractivity contribution in [3.05, 3.63) is 59.7 Å². The normalized spacial score (nSPS) is 21.2. The van der Waals surface area contributed by atoms with Crippen LogP contribution < -0.4 is 23.8 Å². The number of aliphatic hydroxyl groups excluding tert-OH is 1. The van der Waals surface area contributed by atoms with Crippen LogP contribution in [0.25, 0.3) is 0 Å². The van der Waals surface area contributed by atoms with Gasteiger partial charge in [0, 0.05) is 36.7 Å². The largest absolute Gasteiger partial charge is 0.493 e. The van der Waals surface area contributed by atoms with E-state index in [0.29, 0.717) is 79.7 Å². The first-order valence-corrected chi connectivity index (χ1v) is 19.1. The summed E-state index contributed by atoms with van der Waals surface area (Å²) >= 11 is 4.19. The number of unbranched alkanes of at least 4 members (excludes halogenated alkanes) is 2. The summed E-state index contributed by atoms with van der Waals surface area (Å²) < 4.78 is 28.9. The lowest BCUT2D eigenvalue weighted by atomic mass is 10.1. The summed E-state index contributed by atoms with van der Waals surface area (Å²) in [6, 6.07) is 5.73. The van der Waals surface area contributed by atoms with E-state index in [1.807, 2.05) is 6.92 Å². The van der Waals surface area contributed by atoms with Crippen molar-refractivity contribution < 1.29 is 43.2 Å². The van der Waals surface area contributed by atoms with Gasteiger partial charge in [0.1, 0.15) is 6.61 Å². The van der Waals surface area contributed by atoms with E-state index in [-0.39, 0.29) is 47.5 Å². The van der Waals surface area contributed by atoms with Gasteiger partial charge in [-0.25, -0.2) is 9.69 Å². The Morgan fingerprint density at radius 2 is 1.54 bits per heavy atom. The quantitative estimate of drug-likeness (QED) is 0.111. The molecule has 2 aromatic rings. The van der Waals surface area contributed by atoms with Crippen LogP contribution >= 0.6 is 22.5 Å². The smallest absolute Gasteiger partial charge is 0.416 e. The maximum Gasteiger partial charge on any atom is 0.416 e. The highest BCUT2D eigenvalue weighted by atomic mass is 33.1. The molecule has 15 heteroatoms. The lowest BCUT2D eigenvalue weighted by Gasteiger charge is -2.31. The van der Waals surface area contributed by atoms with Crippen LogP contribution in [0, 0.1) is 0 Å². The van der Waals surface area contributed by atoms with Crippen LogP contribution in [0.1, 0.15) is 59.7 Å². The second kappa shape index (κ2) is 16.1. The standard InChI is InChI=1S/C37H44N4O9S2/c1-21-11-24-17-38-27-15-32(30(46-4)13-25(27)34(42)39(24)18-21)48-9-7-6-8-10-49-33-16-28-26(14-31(33)47-5)35(43)40-19-22(2)12-29(40)36(44)41(28)37(45)50-20-23(3)52-51/h13-17,23-24,29,36,44,51H,1-2,6-12,18-20H2,3-5H3/t23?,24-,29?,36?/m1/s1. The van der Waals surface area contributed by atoms with Gasteiger partial charge in [0.15, 0.2) is 29.2 Å². The summed E-state index contributed by atoms with van der Waals surface area (Å²) in [7, 11) is 4.26. The van der Waals surface area contributed by atoms with Crippen LogP contribution in [-0.2, 0) is 4.74 Å². The molecule has 0 radical (unpaired) electrons. The molecule has 4 atom stereocenters. The van der Waals surface area contributed by atoms with Crippen molar-refractivity contribution in [2.45, 2.75) is 62.6 Å². The van der Waals surface area contributed by atoms with Crippen molar-refractivity contribution in [1.29, 1.82) is 0 Å². The molecule has 52 heavy (non-hydrogen) atoms. The summed E-state index contributed by atoms with van der Waals surface area (Å²) in [5, 5.41) is 11.4. The summed E-state index contributed by atoms with van der Waals surface area (Å²) in [5.41, 5.74) is 3.15. The topological polar surface area (TPSA) is 140 Å². The molecule has 1 N–H and O–H groups in total. The Hall–Kier alpha value is -4.34. The molecule has 2 fully saturated rings. The van der Waals surface area contributed by atoms with E-state index >= 15 is 0 Å². The van der Waals surface area contributed by atoms with Crippen LogP contribution in [0.4, 0.5) is 16.2 Å². The highest BCUT2D eigenvalue weighted by Crippen LogP contribution is 2.42. The fraction of sp³-hybridized carbons (Fsp3) is 0.459. The van der Waals surface area contributed by atoms with Crippen molar-refractivity contribution in [2.75, 3.05) is 52.0 Å². The number of fused-ring (bicyclic) bond motifs is 4. The highest BCUT2D eigenvalue weighted by Gasteiger charge is 2.46. The van der Waals surface area contributed by atoms with E-state index in [2.05, 4.69) is 29.8 Å². The minimum Gasteiger partial charge on any atom is -0.493 e. The number of benzene rings is 2. The molecule has 2 aromatic carbocycles. The molecule has 0 aromatic heterocycles. The SMILES string of the molecule is C=C1CC2C(O)N(C(=O)OCC(C)SS)c3cc(OCCCCCOc4cc5c(cc4OC)C(=O)N4CC(=C)C[C@@H]4C=N5)c(OC)cc3C(=O)N2C1. The Kier molecular flexibility index (Phi) is 11.6. The van der Waals surface area contributed by atoms with E-state index in [4.69, 9.17) is 23.7 Å². The van der Waals surface area contributed by atoms with Gasteiger partial charge in [0.25, 0.3) is 11.8 Å². The summed E-state index contributed by atoms with van der Waals surface area (Å²) in [5.74, 6) is 1.14. The van der Waals surface area contributed by atoms with Crippen molar-refractivity contribution in [2.24, 2.45) is 4.99 Å². The molecule has 6 rings (SSSR count). The number of ether oxygens (including phenoxy) is 5. The molecule has 278 valence electrons. The van der Waals surface area contributed by atoms with E-state index in [0.717, 1.165) is 22.5 Å². The van der Waals surface area contributed by atoms with Crippen molar-refractivity contribution in [3.63, 3.8) is 0 Å². The number of anilines is 1.